The number of hydrogen-bond acceptors (Lipinski definition) is 7. The van der Waals surface area contributed by atoms with Gasteiger partial charge in [-0.25, -0.2) is 0 Å². The van der Waals surface area contributed by atoms with Gasteiger partial charge >= 0.3 is 0 Å². The number of carbonyl (C=O) groups excluding carboxylic acids is 5. The van der Waals surface area contributed by atoms with Crippen LogP contribution in [0.2, 0.25) is 0 Å². The lowest BCUT2D eigenvalue weighted by molar-refractivity contribution is -0.182. The van der Waals surface area contributed by atoms with E-state index < -0.39 is 70.1 Å². The molecular formula is C26H25NO7. The third-order valence-electron chi connectivity index (χ3n) is 7.59. The van der Waals surface area contributed by atoms with E-state index in [0.717, 1.165) is 0 Å². The maximum atomic E-state index is 13.7. The van der Waals surface area contributed by atoms with Crippen molar-refractivity contribution in [1.82, 2.24) is 0 Å². The van der Waals surface area contributed by atoms with E-state index >= 15 is 0 Å². The Morgan fingerprint density at radius 1 is 1.24 bits per heavy atom. The smallest absolute Gasteiger partial charge is 0.235 e. The topological polar surface area (TPSA) is 152 Å². The summed E-state index contributed by atoms with van der Waals surface area (Å²) in [5, 5.41) is 22.0. The normalized spacial score (nSPS) is 32.9. The lowest BCUT2D eigenvalue weighted by atomic mass is 9.49. The molecule has 0 heterocycles. The highest BCUT2D eigenvalue weighted by molar-refractivity contribution is 6.31. The van der Waals surface area contributed by atoms with Gasteiger partial charge in [-0.2, -0.15) is 0 Å². The van der Waals surface area contributed by atoms with Crippen LogP contribution < -0.4 is 5.73 Å². The molecule has 4 N–H and O–H groups in total. The predicted molar refractivity (Wildman–Crippen MR) is 120 cm³/mol. The average molecular weight is 463 g/mol. The quantitative estimate of drug-likeness (QED) is 0.444. The van der Waals surface area contributed by atoms with Gasteiger partial charge in [0, 0.05) is 11.8 Å². The van der Waals surface area contributed by atoms with E-state index in [4.69, 9.17) is 12.2 Å². The number of nitrogens with two attached hydrogens (primary N) is 1. The monoisotopic (exact) mass is 463 g/mol. The summed E-state index contributed by atoms with van der Waals surface area (Å²) in [5.41, 5.74) is 3.69. The van der Waals surface area contributed by atoms with Crippen LogP contribution in [0.25, 0.3) is 6.08 Å². The van der Waals surface area contributed by atoms with Gasteiger partial charge in [0.25, 0.3) is 0 Å². The Balaban J connectivity index is 1.88. The first kappa shape index (κ1) is 23.6. The SMILES string of the molecule is C#C/C=C/c1ccc(O)c2c1C[C@H]1C[C@H]3[C@H](C(C)C)C(=O)C(C(N)=O)C(=O)[C@@]3(O)C(=O)C1C2=O. The number of fused-ring (bicyclic) bond motifs is 3. The fourth-order valence-electron chi connectivity index (χ4n) is 6.17. The minimum Gasteiger partial charge on any atom is -0.507 e. The minimum absolute atomic E-state index is 0.0395. The standard InChI is InChI=1S/C26H25NO7/c1-4-5-6-12-7-8-16(28)19-14(12)9-13-10-15-17(11(2)3)21(29)20(25(27)33)24(32)26(15,34)23(31)18(13)22(19)30/h1,5-8,11,13,15,17-18,20,28,34H,9-10H2,2-3H3,(H2,27,33)/b6-5+/t13-,15-,17-,18?,20?,26-/m0/s1. The Morgan fingerprint density at radius 2 is 1.91 bits per heavy atom. The molecule has 0 spiro atoms. The molecule has 1 amide bonds. The number of aliphatic hydroxyl groups is 1. The molecule has 2 fully saturated rings. The lowest BCUT2D eigenvalue weighted by Gasteiger charge is -2.52. The number of hydrogen-bond donors (Lipinski definition) is 3. The molecule has 6 atom stereocenters. The van der Waals surface area contributed by atoms with Gasteiger partial charge in [0.2, 0.25) is 5.91 Å². The van der Waals surface area contributed by atoms with Crippen molar-refractivity contribution in [3.05, 3.63) is 34.9 Å². The summed E-state index contributed by atoms with van der Waals surface area (Å²) in [5.74, 6) is -9.30. The molecule has 0 aromatic heterocycles. The van der Waals surface area contributed by atoms with Crippen molar-refractivity contribution in [3.8, 4) is 18.1 Å². The molecule has 0 radical (unpaired) electrons. The number of benzene rings is 1. The van der Waals surface area contributed by atoms with Crippen LogP contribution in [0, 0.1) is 47.9 Å². The van der Waals surface area contributed by atoms with Gasteiger partial charge < -0.3 is 15.9 Å². The van der Waals surface area contributed by atoms with Gasteiger partial charge in [0.1, 0.15) is 5.75 Å². The third kappa shape index (κ3) is 3.07. The fraction of sp³-hybridized carbons (Fsp3) is 0.423. The highest BCUT2D eigenvalue weighted by Gasteiger charge is 2.69. The van der Waals surface area contributed by atoms with E-state index in [1.54, 1.807) is 26.0 Å². The Hall–Kier alpha value is -3.57. The molecular weight excluding hydrogens is 438 g/mol. The van der Waals surface area contributed by atoms with Gasteiger partial charge in [-0.3, -0.25) is 24.0 Å². The lowest BCUT2D eigenvalue weighted by Crippen LogP contribution is -2.71. The summed E-state index contributed by atoms with van der Waals surface area (Å²) in [4.78, 5) is 65.5. The molecule has 0 aliphatic heterocycles. The zero-order valence-electron chi connectivity index (χ0n) is 18.8. The summed E-state index contributed by atoms with van der Waals surface area (Å²) in [6.45, 7) is 3.41. The Morgan fingerprint density at radius 3 is 2.50 bits per heavy atom. The number of aromatic hydroxyl groups is 1. The van der Waals surface area contributed by atoms with Crippen molar-refractivity contribution in [1.29, 1.82) is 0 Å². The zero-order chi connectivity index (χ0) is 25.1. The number of rotatable bonds is 3. The van der Waals surface area contributed by atoms with Crippen LogP contribution in [0.4, 0.5) is 0 Å². The van der Waals surface area contributed by atoms with Crippen molar-refractivity contribution in [2.24, 2.45) is 41.2 Å². The first-order chi connectivity index (χ1) is 16.0. The second-order valence-electron chi connectivity index (χ2n) is 9.68. The molecule has 34 heavy (non-hydrogen) atoms. The zero-order valence-corrected chi connectivity index (χ0v) is 18.8. The van der Waals surface area contributed by atoms with E-state index in [1.807, 2.05) is 0 Å². The molecule has 2 unspecified atom stereocenters. The molecule has 3 aliphatic rings. The van der Waals surface area contributed by atoms with Crippen LogP contribution in [0.5, 0.6) is 5.75 Å². The predicted octanol–water partition coefficient (Wildman–Crippen LogP) is 0.855. The number of carbonyl (C=O) groups is 5. The van der Waals surface area contributed by atoms with Gasteiger partial charge in [-0.1, -0.05) is 25.8 Å². The average Bonchev–Trinajstić information content (AvgIpc) is 2.75. The second-order valence-corrected chi connectivity index (χ2v) is 9.68. The summed E-state index contributed by atoms with van der Waals surface area (Å²) >= 11 is 0. The van der Waals surface area contributed by atoms with Crippen LogP contribution in [0.15, 0.2) is 18.2 Å². The van der Waals surface area contributed by atoms with E-state index in [1.165, 1.54) is 12.1 Å². The second kappa shape index (κ2) is 8.03. The number of phenols is 1. The van der Waals surface area contributed by atoms with E-state index in [-0.39, 0.29) is 24.2 Å². The maximum absolute atomic E-state index is 13.7. The number of Topliss-reactive ketones (excluding diaryl/α,β-unsaturated/α-hetero) is 4. The van der Waals surface area contributed by atoms with Crippen molar-refractivity contribution >= 4 is 35.1 Å². The van der Waals surface area contributed by atoms with Crippen LogP contribution in [0.3, 0.4) is 0 Å². The van der Waals surface area contributed by atoms with Crippen LogP contribution in [0.1, 0.15) is 41.8 Å². The largest absolute Gasteiger partial charge is 0.507 e. The van der Waals surface area contributed by atoms with Crippen molar-refractivity contribution < 1.29 is 34.2 Å². The van der Waals surface area contributed by atoms with Crippen molar-refractivity contribution in [2.75, 3.05) is 0 Å². The number of allylic oxidation sites excluding steroid dienone is 1. The first-order valence-electron chi connectivity index (χ1n) is 11.1. The molecule has 3 aliphatic carbocycles. The summed E-state index contributed by atoms with van der Waals surface area (Å²) in [6.07, 6.45) is 8.61. The highest BCUT2D eigenvalue weighted by Crippen LogP contribution is 2.53. The van der Waals surface area contributed by atoms with Gasteiger partial charge in [0.05, 0.1) is 11.5 Å². The molecule has 176 valence electrons. The molecule has 0 saturated heterocycles. The van der Waals surface area contributed by atoms with E-state index in [2.05, 4.69) is 5.92 Å². The maximum Gasteiger partial charge on any atom is 0.235 e. The molecule has 1 aromatic rings. The number of ketones is 4. The van der Waals surface area contributed by atoms with Crippen molar-refractivity contribution in [3.63, 3.8) is 0 Å². The van der Waals surface area contributed by atoms with E-state index in [9.17, 15) is 34.2 Å². The molecule has 8 nitrogen and oxygen atoms in total. The summed E-state index contributed by atoms with van der Waals surface area (Å²) in [6, 6.07) is 2.93. The summed E-state index contributed by atoms with van der Waals surface area (Å²) in [7, 11) is 0. The van der Waals surface area contributed by atoms with Gasteiger partial charge in [-0.15, -0.1) is 6.42 Å². The molecule has 8 heteroatoms. The third-order valence-corrected chi connectivity index (χ3v) is 7.59. The van der Waals surface area contributed by atoms with Crippen LogP contribution in [-0.2, 0) is 25.6 Å². The number of terminal acetylenes is 1. The van der Waals surface area contributed by atoms with Crippen LogP contribution in [-0.4, -0.2) is 44.9 Å². The van der Waals surface area contributed by atoms with Crippen molar-refractivity contribution in [2.45, 2.75) is 32.3 Å². The Kier molecular flexibility index (Phi) is 5.57. The van der Waals surface area contributed by atoms with Gasteiger partial charge in [0.15, 0.2) is 34.7 Å². The van der Waals surface area contributed by atoms with Gasteiger partial charge in [-0.05, 0) is 54.0 Å². The Labute approximate surface area is 196 Å². The number of amides is 1. The summed E-state index contributed by atoms with van der Waals surface area (Å²) < 4.78 is 0. The Bertz CT molecular complexity index is 1220. The fourth-order valence-corrected chi connectivity index (χ4v) is 6.17. The molecule has 1 aromatic carbocycles. The minimum atomic E-state index is -2.69. The number of primary amides is 1. The number of phenolic OH excluding ortho intramolecular Hbond substituents is 1. The molecule has 4 rings (SSSR count). The van der Waals surface area contributed by atoms with E-state index in [0.29, 0.717) is 11.1 Å². The molecule has 0 bridgehead atoms. The highest BCUT2D eigenvalue weighted by atomic mass is 16.3. The molecule has 2 saturated carbocycles. The van der Waals surface area contributed by atoms with Crippen LogP contribution >= 0.6 is 0 Å². The first-order valence-corrected chi connectivity index (χ1v) is 11.1.